The minimum atomic E-state index is -3.74. The molecular formula is C18H30N5O6P. The number of aliphatic hydroxyl groups excluding tert-OH is 1. The van der Waals surface area contributed by atoms with E-state index in [1.807, 2.05) is 27.7 Å². The molecule has 2 aromatic rings. The standard InChI is InChI=1S/C18H30N5O6P/c1-11(2)6-26-30(25,27-7-12(3)4)28-8-13-5-14(24)18(29-13)23-10-22-15-16(19)20-9-21-17(15)23/h9-14,18,24H,5-8H2,1-4H3,(H2,19,20,21)/t13-,14?,18+/m0/s1. The van der Waals surface area contributed by atoms with Crippen LogP contribution in [0.5, 0.6) is 0 Å². The Morgan fingerprint density at radius 1 is 1.20 bits per heavy atom. The van der Waals surface area contributed by atoms with Gasteiger partial charge in [-0.05, 0) is 11.8 Å². The molecule has 0 radical (unpaired) electrons. The van der Waals surface area contributed by atoms with Crippen LogP contribution in [0.1, 0.15) is 40.3 Å². The molecule has 2 aromatic heterocycles. The number of phosphoric acid groups is 1. The largest absolute Gasteiger partial charge is 0.474 e. The maximum atomic E-state index is 13.0. The van der Waals surface area contributed by atoms with E-state index in [0.29, 0.717) is 11.2 Å². The molecule has 0 aliphatic carbocycles. The molecule has 168 valence electrons. The number of hydrogen-bond acceptors (Lipinski definition) is 10. The van der Waals surface area contributed by atoms with E-state index in [9.17, 15) is 9.67 Å². The Labute approximate surface area is 175 Å². The van der Waals surface area contributed by atoms with E-state index < -0.39 is 26.3 Å². The molecular weight excluding hydrogens is 413 g/mol. The first-order valence-corrected chi connectivity index (χ1v) is 11.4. The highest BCUT2D eigenvalue weighted by Gasteiger charge is 2.38. The topological polar surface area (TPSA) is 144 Å². The summed E-state index contributed by atoms with van der Waals surface area (Å²) in [7, 11) is -3.74. The van der Waals surface area contributed by atoms with Crippen molar-refractivity contribution in [2.45, 2.75) is 52.6 Å². The number of nitrogens with two attached hydrogens (primary N) is 1. The normalized spacial score (nSPS) is 22.6. The Hall–Kier alpha value is -1.62. The van der Waals surface area contributed by atoms with Gasteiger partial charge in [0.15, 0.2) is 17.7 Å². The van der Waals surface area contributed by atoms with Crippen LogP contribution in [0.25, 0.3) is 11.2 Å². The van der Waals surface area contributed by atoms with Crippen LogP contribution in [0.3, 0.4) is 0 Å². The molecule has 1 aliphatic heterocycles. The van der Waals surface area contributed by atoms with Crippen molar-refractivity contribution >= 4 is 24.8 Å². The Morgan fingerprint density at radius 2 is 1.87 bits per heavy atom. The van der Waals surface area contributed by atoms with Gasteiger partial charge in [0.1, 0.15) is 17.9 Å². The van der Waals surface area contributed by atoms with Crippen molar-refractivity contribution in [3.8, 4) is 0 Å². The van der Waals surface area contributed by atoms with Crippen LogP contribution in [0.4, 0.5) is 5.82 Å². The van der Waals surface area contributed by atoms with Gasteiger partial charge in [0.05, 0.1) is 32.3 Å². The zero-order valence-electron chi connectivity index (χ0n) is 17.7. The van der Waals surface area contributed by atoms with E-state index >= 15 is 0 Å². The zero-order valence-corrected chi connectivity index (χ0v) is 18.6. The van der Waals surface area contributed by atoms with Crippen LogP contribution >= 0.6 is 7.82 Å². The minimum absolute atomic E-state index is 0.0508. The molecule has 0 aromatic carbocycles. The Balaban J connectivity index is 1.65. The molecule has 1 unspecified atom stereocenters. The molecule has 1 aliphatic rings. The lowest BCUT2D eigenvalue weighted by molar-refractivity contribution is -0.0504. The van der Waals surface area contributed by atoms with Gasteiger partial charge in [-0.2, -0.15) is 0 Å². The van der Waals surface area contributed by atoms with Gasteiger partial charge in [0, 0.05) is 6.42 Å². The summed E-state index contributed by atoms with van der Waals surface area (Å²) in [5.41, 5.74) is 6.71. The van der Waals surface area contributed by atoms with Crippen molar-refractivity contribution in [2.24, 2.45) is 11.8 Å². The second kappa shape index (κ2) is 9.67. The number of hydrogen-bond donors (Lipinski definition) is 2. The molecule has 12 heteroatoms. The molecule has 3 N–H and O–H groups in total. The average Bonchev–Trinajstić information content (AvgIpc) is 3.27. The lowest BCUT2D eigenvalue weighted by atomic mass is 10.2. The predicted molar refractivity (Wildman–Crippen MR) is 109 cm³/mol. The van der Waals surface area contributed by atoms with Crippen molar-refractivity contribution < 1.29 is 28.0 Å². The lowest BCUT2D eigenvalue weighted by Crippen LogP contribution is -2.19. The lowest BCUT2D eigenvalue weighted by Gasteiger charge is -2.22. The van der Waals surface area contributed by atoms with E-state index in [1.54, 1.807) is 4.57 Å². The summed E-state index contributed by atoms with van der Waals surface area (Å²) < 4.78 is 36.9. The summed E-state index contributed by atoms with van der Waals surface area (Å²) in [6.07, 6.45) is 1.02. The SMILES string of the molecule is CC(C)COP(=O)(OCC(C)C)OC[C@@H]1CC(O)[C@H](n2cnc3c(N)ncnc32)O1. The first-order valence-electron chi connectivity index (χ1n) is 9.98. The molecule has 11 nitrogen and oxygen atoms in total. The minimum Gasteiger partial charge on any atom is -0.388 e. The molecule has 30 heavy (non-hydrogen) atoms. The van der Waals surface area contributed by atoms with Crippen LogP contribution in [0.2, 0.25) is 0 Å². The first kappa shape index (κ1) is 23.1. The molecule has 3 rings (SSSR count). The van der Waals surface area contributed by atoms with E-state index in [-0.39, 0.29) is 43.9 Å². The number of aromatic nitrogens is 4. The summed E-state index contributed by atoms with van der Waals surface area (Å²) in [5, 5.41) is 10.5. The summed E-state index contributed by atoms with van der Waals surface area (Å²) >= 11 is 0. The zero-order chi connectivity index (χ0) is 21.9. The predicted octanol–water partition coefficient (Wildman–Crippen LogP) is 2.53. The molecule has 0 saturated carbocycles. The van der Waals surface area contributed by atoms with Crippen LogP contribution in [-0.2, 0) is 22.9 Å². The van der Waals surface area contributed by atoms with Gasteiger partial charge in [0.2, 0.25) is 0 Å². The number of rotatable bonds is 10. The third-order valence-electron chi connectivity index (χ3n) is 4.38. The number of nitrogen functional groups attached to an aromatic ring is 1. The highest BCUT2D eigenvalue weighted by molar-refractivity contribution is 7.48. The van der Waals surface area contributed by atoms with Gasteiger partial charge >= 0.3 is 7.82 Å². The smallest absolute Gasteiger partial charge is 0.388 e. The third kappa shape index (κ3) is 5.54. The fraction of sp³-hybridized carbons (Fsp3) is 0.722. The Bertz CT molecular complexity index is 875. The van der Waals surface area contributed by atoms with Crippen molar-refractivity contribution in [3.05, 3.63) is 12.7 Å². The van der Waals surface area contributed by atoms with Crippen molar-refractivity contribution in [3.63, 3.8) is 0 Å². The number of anilines is 1. The number of fused-ring (bicyclic) bond motifs is 1. The van der Waals surface area contributed by atoms with Crippen molar-refractivity contribution in [1.82, 2.24) is 19.5 Å². The van der Waals surface area contributed by atoms with Gasteiger partial charge in [0.25, 0.3) is 0 Å². The summed E-state index contributed by atoms with van der Waals surface area (Å²) in [6.45, 7) is 8.21. The molecule has 0 spiro atoms. The van der Waals surface area contributed by atoms with Gasteiger partial charge in [-0.15, -0.1) is 0 Å². The summed E-state index contributed by atoms with van der Waals surface area (Å²) in [6, 6.07) is 0. The monoisotopic (exact) mass is 443 g/mol. The van der Waals surface area contributed by atoms with Crippen molar-refractivity contribution in [2.75, 3.05) is 25.6 Å². The summed E-state index contributed by atoms with van der Waals surface area (Å²) in [4.78, 5) is 12.3. The van der Waals surface area contributed by atoms with Gasteiger partial charge < -0.3 is 15.6 Å². The van der Waals surface area contributed by atoms with E-state index in [4.69, 9.17) is 24.0 Å². The molecule has 3 atom stereocenters. The maximum absolute atomic E-state index is 13.0. The number of phosphoric ester groups is 1. The van der Waals surface area contributed by atoms with Crippen LogP contribution in [0, 0.1) is 11.8 Å². The van der Waals surface area contributed by atoms with Crippen LogP contribution < -0.4 is 5.73 Å². The number of nitrogens with zero attached hydrogens (tertiary/aromatic N) is 4. The highest BCUT2D eigenvalue weighted by atomic mass is 31.2. The maximum Gasteiger partial charge on any atom is 0.474 e. The van der Waals surface area contributed by atoms with Gasteiger partial charge in [-0.25, -0.2) is 19.5 Å². The molecule has 1 saturated heterocycles. The second-order valence-electron chi connectivity index (χ2n) is 8.16. The highest BCUT2D eigenvalue weighted by Crippen LogP contribution is 2.50. The fourth-order valence-electron chi connectivity index (χ4n) is 2.91. The molecule has 0 amide bonds. The molecule has 3 heterocycles. The fourth-order valence-corrected chi connectivity index (χ4v) is 4.44. The molecule has 1 fully saturated rings. The van der Waals surface area contributed by atoms with Crippen LogP contribution in [-0.4, -0.2) is 56.7 Å². The van der Waals surface area contributed by atoms with Gasteiger partial charge in [-0.1, -0.05) is 27.7 Å². The van der Waals surface area contributed by atoms with Crippen molar-refractivity contribution in [1.29, 1.82) is 0 Å². The second-order valence-corrected chi connectivity index (χ2v) is 9.83. The quantitative estimate of drug-likeness (QED) is 0.526. The van der Waals surface area contributed by atoms with E-state index in [0.717, 1.165) is 0 Å². The number of imidazole rings is 1. The average molecular weight is 443 g/mol. The van der Waals surface area contributed by atoms with E-state index in [2.05, 4.69) is 15.0 Å². The van der Waals surface area contributed by atoms with Crippen LogP contribution in [0.15, 0.2) is 12.7 Å². The first-order chi connectivity index (χ1) is 14.2. The number of ether oxygens (including phenoxy) is 1. The Kier molecular flexibility index (Phi) is 7.43. The van der Waals surface area contributed by atoms with E-state index in [1.165, 1.54) is 12.7 Å². The Morgan fingerprint density at radius 3 is 2.50 bits per heavy atom. The third-order valence-corrected chi connectivity index (χ3v) is 5.77. The van der Waals surface area contributed by atoms with Gasteiger partial charge in [-0.3, -0.25) is 18.1 Å². The summed E-state index contributed by atoms with van der Waals surface area (Å²) in [5.74, 6) is 0.585. The number of aliphatic hydroxyl groups is 1. The molecule has 0 bridgehead atoms.